The number of carbonyl (C=O) groups excluding carboxylic acids is 1. The maximum absolute atomic E-state index is 11.8. The van der Waals surface area contributed by atoms with E-state index in [1.165, 1.54) is 0 Å². The first-order valence-corrected chi connectivity index (χ1v) is 6.78. The van der Waals surface area contributed by atoms with Crippen molar-refractivity contribution in [2.75, 3.05) is 6.54 Å². The second-order valence-corrected chi connectivity index (χ2v) is 4.84. The first-order chi connectivity index (χ1) is 9.02. The third kappa shape index (κ3) is 5.94. The Morgan fingerprint density at radius 1 is 1.53 bits per heavy atom. The molecule has 19 heavy (non-hydrogen) atoms. The molecule has 0 bridgehead atoms. The minimum absolute atomic E-state index is 0.246. The average Bonchev–Trinajstić information content (AvgIpc) is 2.36. The van der Waals surface area contributed by atoms with Crippen LogP contribution >= 0.6 is 11.6 Å². The van der Waals surface area contributed by atoms with Crippen molar-refractivity contribution in [1.82, 2.24) is 5.32 Å². The van der Waals surface area contributed by atoms with Crippen LogP contribution in [0.1, 0.15) is 26.7 Å². The Balaban J connectivity index is 2.40. The standard InChI is InChI=1S/C14H20ClNO3/c1-3-5-12(17)9-16-14(18)10(2)19-13-7-4-6-11(15)8-13/h4,6-8,10,12,17H,3,5,9H2,1-2H3,(H,16,18). The van der Waals surface area contributed by atoms with Crippen LogP contribution in [-0.4, -0.2) is 29.8 Å². The normalized spacial score (nSPS) is 13.7. The van der Waals surface area contributed by atoms with Crippen LogP contribution in [0.25, 0.3) is 0 Å². The number of halogens is 1. The fourth-order valence-corrected chi connectivity index (χ4v) is 1.78. The second-order valence-electron chi connectivity index (χ2n) is 4.41. The predicted octanol–water partition coefficient (Wildman–Crippen LogP) is 2.38. The van der Waals surface area contributed by atoms with Gasteiger partial charge in [-0.25, -0.2) is 0 Å². The van der Waals surface area contributed by atoms with Crippen molar-refractivity contribution < 1.29 is 14.6 Å². The van der Waals surface area contributed by atoms with Gasteiger partial charge in [-0.1, -0.05) is 31.0 Å². The summed E-state index contributed by atoms with van der Waals surface area (Å²) in [5.41, 5.74) is 0. The van der Waals surface area contributed by atoms with Crippen LogP contribution in [0.4, 0.5) is 0 Å². The molecular formula is C14H20ClNO3. The highest BCUT2D eigenvalue weighted by atomic mass is 35.5. The largest absolute Gasteiger partial charge is 0.481 e. The number of nitrogens with one attached hydrogen (secondary N) is 1. The third-order valence-corrected chi connectivity index (χ3v) is 2.85. The number of amides is 1. The van der Waals surface area contributed by atoms with E-state index in [1.807, 2.05) is 6.92 Å². The summed E-state index contributed by atoms with van der Waals surface area (Å²) < 4.78 is 5.47. The van der Waals surface area contributed by atoms with Crippen molar-refractivity contribution in [2.24, 2.45) is 0 Å². The molecule has 0 aromatic heterocycles. The second kappa shape index (κ2) is 8.02. The zero-order valence-electron chi connectivity index (χ0n) is 11.2. The van der Waals surface area contributed by atoms with Crippen LogP contribution in [0, 0.1) is 0 Å². The quantitative estimate of drug-likeness (QED) is 0.809. The van der Waals surface area contributed by atoms with Gasteiger partial charge in [-0.15, -0.1) is 0 Å². The summed E-state index contributed by atoms with van der Waals surface area (Å²) in [4.78, 5) is 11.8. The molecule has 0 saturated heterocycles. The molecule has 1 aromatic rings. The van der Waals surface area contributed by atoms with E-state index in [1.54, 1.807) is 31.2 Å². The van der Waals surface area contributed by atoms with Crippen molar-refractivity contribution in [3.63, 3.8) is 0 Å². The Bertz CT molecular complexity index is 411. The van der Waals surface area contributed by atoms with Gasteiger partial charge in [0.15, 0.2) is 6.10 Å². The van der Waals surface area contributed by atoms with Crippen molar-refractivity contribution in [1.29, 1.82) is 0 Å². The highest BCUT2D eigenvalue weighted by Gasteiger charge is 2.15. The highest BCUT2D eigenvalue weighted by Crippen LogP contribution is 2.18. The summed E-state index contributed by atoms with van der Waals surface area (Å²) in [5, 5.41) is 12.7. The van der Waals surface area contributed by atoms with Crippen LogP contribution in [0.15, 0.2) is 24.3 Å². The van der Waals surface area contributed by atoms with Crippen LogP contribution in [0.5, 0.6) is 5.75 Å². The van der Waals surface area contributed by atoms with Gasteiger partial charge < -0.3 is 15.2 Å². The van der Waals surface area contributed by atoms with E-state index in [-0.39, 0.29) is 12.5 Å². The number of carbonyl (C=O) groups is 1. The average molecular weight is 286 g/mol. The zero-order chi connectivity index (χ0) is 14.3. The lowest BCUT2D eigenvalue weighted by Crippen LogP contribution is -2.40. The van der Waals surface area contributed by atoms with Crippen molar-refractivity contribution in [3.05, 3.63) is 29.3 Å². The summed E-state index contributed by atoms with van der Waals surface area (Å²) in [6.07, 6.45) is 0.412. The van der Waals surface area contributed by atoms with Crippen molar-refractivity contribution in [2.45, 2.75) is 38.9 Å². The molecule has 2 unspecified atom stereocenters. The number of ether oxygens (including phenoxy) is 1. The molecule has 2 atom stereocenters. The zero-order valence-corrected chi connectivity index (χ0v) is 12.0. The first-order valence-electron chi connectivity index (χ1n) is 6.41. The van der Waals surface area contributed by atoms with Crippen molar-refractivity contribution >= 4 is 17.5 Å². The first kappa shape index (κ1) is 15.8. The molecule has 0 spiro atoms. The molecule has 1 aromatic carbocycles. The number of aliphatic hydroxyl groups excluding tert-OH is 1. The Labute approximate surface area is 118 Å². The lowest BCUT2D eigenvalue weighted by Gasteiger charge is -2.16. The lowest BCUT2D eigenvalue weighted by atomic mass is 10.2. The Morgan fingerprint density at radius 3 is 2.89 bits per heavy atom. The molecule has 4 nitrogen and oxygen atoms in total. The van der Waals surface area contributed by atoms with Gasteiger partial charge in [0, 0.05) is 11.6 Å². The fourth-order valence-electron chi connectivity index (χ4n) is 1.60. The summed E-state index contributed by atoms with van der Waals surface area (Å²) in [6, 6.07) is 6.88. The monoisotopic (exact) mass is 285 g/mol. The Morgan fingerprint density at radius 2 is 2.26 bits per heavy atom. The van der Waals surface area contributed by atoms with E-state index < -0.39 is 12.2 Å². The topological polar surface area (TPSA) is 58.6 Å². The molecular weight excluding hydrogens is 266 g/mol. The van der Waals surface area contributed by atoms with E-state index in [0.717, 1.165) is 6.42 Å². The smallest absolute Gasteiger partial charge is 0.260 e. The highest BCUT2D eigenvalue weighted by molar-refractivity contribution is 6.30. The minimum atomic E-state index is -0.632. The predicted molar refractivity (Wildman–Crippen MR) is 75.5 cm³/mol. The molecule has 1 rings (SSSR count). The molecule has 2 N–H and O–H groups in total. The third-order valence-electron chi connectivity index (χ3n) is 2.61. The molecule has 0 aliphatic carbocycles. The van der Waals surface area contributed by atoms with Gasteiger partial charge in [0.2, 0.25) is 0 Å². The van der Waals surface area contributed by atoms with E-state index in [9.17, 15) is 9.90 Å². The van der Waals surface area contributed by atoms with Crippen LogP contribution in [0.2, 0.25) is 5.02 Å². The fraction of sp³-hybridized carbons (Fsp3) is 0.500. The molecule has 0 aliphatic heterocycles. The molecule has 5 heteroatoms. The number of rotatable bonds is 7. The van der Waals surface area contributed by atoms with E-state index in [2.05, 4.69) is 5.32 Å². The molecule has 1 amide bonds. The van der Waals surface area contributed by atoms with Gasteiger partial charge in [0.25, 0.3) is 5.91 Å². The van der Waals surface area contributed by atoms with Crippen LogP contribution in [0.3, 0.4) is 0 Å². The molecule has 0 radical (unpaired) electrons. The van der Waals surface area contributed by atoms with E-state index in [0.29, 0.717) is 17.2 Å². The summed E-state index contributed by atoms with van der Waals surface area (Å²) in [7, 11) is 0. The van der Waals surface area contributed by atoms with Gasteiger partial charge in [-0.2, -0.15) is 0 Å². The van der Waals surface area contributed by atoms with Crippen LogP contribution < -0.4 is 10.1 Å². The molecule has 106 valence electrons. The number of benzene rings is 1. The molecule has 0 saturated carbocycles. The maximum Gasteiger partial charge on any atom is 0.260 e. The maximum atomic E-state index is 11.8. The lowest BCUT2D eigenvalue weighted by molar-refractivity contribution is -0.127. The van der Waals surface area contributed by atoms with Gasteiger partial charge in [-0.05, 0) is 31.5 Å². The molecule has 0 heterocycles. The Kier molecular flexibility index (Phi) is 6.67. The molecule has 0 fully saturated rings. The number of hydrogen-bond donors (Lipinski definition) is 2. The van der Waals surface area contributed by atoms with E-state index in [4.69, 9.17) is 16.3 Å². The summed E-state index contributed by atoms with van der Waals surface area (Å²) in [5.74, 6) is 0.291. The van der Waals surface area contributed by atoms with Crippen molar-refractivity contribution in [3.8, 4) is 5.75 Å². The SMILES string of the molecule is CCCC(O)CNC(=O)C(C)Oc1cccc(Cl)c1. The summed E-state index contributed by atoms with van der Waals surface area (Å²) >= 11 is 5.83. The summed E-state index contributed by atoms with van der Waals surface area (Å²) in [6.45, 7) is 3.88. The van der Waals surface area contributed by atoms with Crippen LogP contribution in [-0.2, 0) is 4.79 Å². The van der Waals surface area contributed by atoms with E-state index >= 15 is 0 Å². The Hall–Kier alpha value is -1.26. The number of hydrogen-bond acceptors (Lipinski definition) is 3. The molecule has 0 aliphatic rings. The van der Waals surface area contributed by atoms with Gasteiger partial charge in [-0.3, -0.25) is 4.79 Å². The van der Waals surface area contributed by atoms with Gasteiger partial charge in [0.05, 0.1) is 6.10 Å². The van der Waals surface area contributed by atoms with Gasteiger partial charge >= 0.3 is 0 Å². The van der Waals surface area contributed by atoms with Gasteiger partial charge in [0.1, 0.15) is 5.75 Å². The minimum Gasteiger partial charge on any atom is -0.481 e. The number of aliphatic hydroxyl groups is 1.